The number of hydrogen-bond donors (Lipinski definition) is 2. The molecule has 0 aromatic heterocycles. The molecule has 2 aromatic carbocycles. The van der Waals surface area contributed by atoms with Gasteiger partial charge >= 0.3 is 22.4 Å². The van der Waals surface area contributed by atoms with Crippen molar-refractivity contribution in [3.8, 4) is 11.5 Å². The molecular weight excluding hydrogens is 563 g/mol. The fraction of sp³-hybridized carbons (Fsp3) is 0.517. The highest BCUT2D eigenvalue weighted by Gasteiger charge is 2.43. The topological polar surface area (TPSA) is 119 Å². The van der Waals surface area contributed by atoms with Crippen LogP contribution in [0.1, 0.15) is 70.1 Å². The Hall–Kier alpha value is -3.28. The minimum Gasteiger partial charge on any atom is -0.508 e. The van der Waals surface area contributed by atoms with E-state index in [-0.39, 0.29) is 28.8 Å². The largest absolute Gasteiger partial charge is 0.508 e. The van der Waals surface area contributed by atoms with E-state index in [1.165, 1.54) is 18.2 Å². The van der Waals surface area contributed by atoms with Gasteiger partial charge in [-0.25, -0.2) is 4.79 Å². The van der Waals surface area contributed by atoms with E-state index in [2.05, 4.69) is 5.32 Å². The Balaban J connectivity index is 1.94. The first-order chi connectivity index (χ1) is 18.9. The Bertz CT molecular complexity index is 1370. The molecular formula is C29H36F3NO7S. The highest BCUT2D eigenvalue weighted by Crippen LogP contribution is 2.47. The normalized spacial score (nSPS) is 18.1. The van der Waals surface area contributed by atoms with Gasteiger partial charge in [-0.2, -0.15) is 21.6 Å². The number of alkyl carbamates (subject to hydrolysis) is 1. The number of phenols is 1. The maximum atomic E-state index is 14.0. The zero-order valence-electron chi connectivity index (χ0n) is 23.6. The van der Waals surface area contributed by atoms with E-state index in [1.54, 1.807) is 46.8 Å². The van der Waals surface area contributed by atoms with E-state index in [9.17, 15) is 36.3 Å². The molecule has 0 heterocycles. The highest BCUT2D eigenvalue weighted by molar-refractivity contribution is 7.87. The summed E-state index contributed by atoms with van der Waals surface area (Å²) in [6.07, 6.45) is -6.87. The number of carbonyl (C=O) groups excluding carboxylic acids is 2. The molecule has 3 atom stereocenters. The van der Waals surface area contributed by atoms with E-state index < -0.39 is 64.5 Å². The summed E-state index contributed by atoms with van der Waals surface area (Å²) in [7, 11) is -4.36. The lowest BCUT2D eigenvalue weighted by molar-refractivity contribution is -0.134. The Morgan fingerprint density at radius 3 is 2.34 bits per heavy atom. The van der Waals surface area contributed by atoms with Crippen molar-refractivity contribution in [2.45, 2.75) is 77.6 Å². The standard InChI is InChI=1S/C29H36F3NO7S/c1-17(2)25(33-27(36)39-28(3,4)5)26(35)22-15-18-9-6-7-10-20(18)24(22)21-16-19(11-12-23(21)34)40-41(37,38)14-8-13-29(30,31)32/h6-7,9-12,16-17,22,24-25,34H,8,13-15H2,1-5H3,(H,33,36)/t22-,24?,25+/m1/s1. The molecule has 226 valence electrons. The summed E-state index contributed by atoms with van der Waals surface area (Å²) in [5.41, 5.74) is 1.03. The molecule has 0 aliphatic heterocycles. The Morgan fingerprint density at radius 2 is 1.73 bits per heavy atom. The van der Waals surface area contributed by atoms with Crippen LogP contribution in [0.15, 0.2) is 42.5 Å². The van der Waals surface area contributed by atoms with Gasteiger partial charge in [0.25, 0.3) is 0 Å². The van der Waals surface area contributed by atoms with Crippen LogP contribution in [0.3, 0.4) is 0 Å². The van der Waals surface area contributed by atoms with Crippen LogP contribution >= 0.6 is 0 Å². The molecule has 1 amide bonds. The van der Waals surface area contributed by atoms with Gasteiger partial charge in [0, 0.05) is 23.8 Å². The molecule has 0 saturated heterocycles. The number of benzene rings is 2. The predicted octanol–water partition coefficient (Wildman–Crippen LogP) is 5.87. The van der Waals surface area contributed by atoms with Gasteiger partial charge in [-0.15, -0.1) is 0 Å². The summed E-state index contributed by atoms with van der Waals surface area (Å²) in [5, 5.41) is 13.5. The average Bonchev–Trinajstić information content (AvgIpc) is 3.20. The predicted molar refractivity (Wildman–Crippen MR) is 146 cm³/mol. The number of rotatable bonds is 10. The SMILES string of the molecule is CC(C)[C@H](NC(=O)OC(C)(C)C)C(=O)[C@@H]1Cc2ccccc2C1c1cc(OS(=O)(=O)CCCC(F)(F)F)ccc1O. The summed E-state index contributed by atoms with van der Waals surface area (Å²) >= 11 is 0. The third kappa shape index (κ3) is 8.85. The lowest BCUT2D eigenvalue weighted by Crippen LogP contribution is -2.49. The third-order valence-electron chi connectivity index (χ3n) is 6.66. The number of phenolic OH excluding ortho intramolecular Hbond substituents is 1. The van der Waals surface area contributed by atoms with Gasteiger partial charge < -0.3 is 19.3 Å². The van der Waals surface area contributed by atoms with Gasteiger partial charge in [0.05, 0.1) is 11.8 Å². The summed E-state index contributed by atoms with van der Waals surface area (Å²) in [4.78, 5) is 26.6. The molecule has 1 aliphatic carbocycles. The van der Waals surface area contributed by atoms with Crippen molar-refractivity contribution in [3.05, 3.63) is 59.2 Å². The molecule has 0 fully saturated rings. The van der Waals surface area contributed by atoms with Crippen molar-refractivity contribution in [3.63, 3.8) is 0 Å². The van der Waals surface area contributed by atoms with Crippen molar-refractivity contribution in [1.82, 2.24) is 5.32 Å². The number of hydrogen-bond acceptors (Lipinski definition) is 7. The number of carbonyl (C=O) groups is 2. The van der Waals surface area contributed by atoms with Crippen LogP contribution in [0, 0.1) is 11.8 Å². The fourth-order valence-electron chi connectivity index (χ4n) is 4.95. The highest BCUT2D eigenvalue weighted by atomic mass is 32.2. The molecule has 8 nitrogen and oxygen atoms in total. The lowest BCUT2D eigenvalue weighted by Gasteiger charge is -2.29. The number of amides is 1. The molecule has 2 N–H and O–H groups in total. The zero-order valence-corrected chi connectivity index (χ0v) is 24.4. The molecule has 1 unspecified atom stereocenters. The van der Waals surface area contributed by atoms with Gasteiger partial charge in [0.15, 0.2) is 5.78 Å². The van der Waals surface area contributed by atoms with Gasteiger partial charge in [-0.3, -0.25) is 4.79 Å². The Morgan fingerprint density at radius 1 is 1.07 bits per heavy atom. The summed E-state index contributed by atoms with van der Waals surface area (Å²) < 4.78 is 72.6. The van der Waals surface area contributed by atoms with Crippen LogP contribution in [0.25, 0.3) is 0 Å². The Kier molecular flexibility index (Phi) is 9.67. The number of ether oxygens (including phenoxy) is 1. The zero-order chi connectivity index (χ0) is 30.8. The molecule has 0 spiro atoms. The molecule has 0 bridgehead atoms. The van der Waals surface area contributed by atoms with Crippen LogP contribution < -0.4 is 9.50 Å². The first kappa shape index (κ1) is 32.2. The monoisotopic (exact) mass is 599 g/mol. The lowest BCUT2D eigenvalue weighted by atomic mass is 9.79. The number of ketones is 1. The van der Waals surface area contributed by atoms with Crippen LogP contribution in [0.5, 0.6) is 11.5 Å². The smallest absolute Gasteiger partial charge is 0.408 e. The first-order valence-corrected chi connectivity index (χ1v) is 14.9. The molecule has 12 heteroatoms. The minimum absolute atomic E-state index is 0.201. The number of halogens is 3. The summed E-state index contributed by atoms with van der Waals surface area (Å²) in [6, 6.07) is 10.0. The molecule has 3 rings (SSSR count). The van der Waals surface area contributed by atoms with Crippen molar-refractivity contribution in [2.75, 3.05) is 5.75 Å². The molecule has 2 aromatic rings. The van der Waals surface area contributed by atoms with Gasteiger partial charge in [0.1, 0.15) is 17.1 Å². The average molecular weight is 600 g/mol. The third-order valence-corrected chi connectivity index (χ3v) is 7.89. The minimum atomic E-state index is -4.50. The second-order valence-electron chi connectivity index (χ2n) is 11.5. The maximum Gasteiger partial charge on any atom is 0.408 e. The van der Waals surface area contributed by atoms with Crippen molar-refractivity contribution in [1.29, 1.82) is 0 Å². The van der Waals surface area contributed by atoms with Crippen LogP contribution in [-0.4, -0.2) is 49.0 Å². The number of alkyl halides is 3. The van der Waals surface area contributed by atoms with Gasteiger partial charge in [-0.05, 0) is 68.9 Å². The van der Waals surface area contributed by atoms with Crippen LogP contribution in [0.4, 0.5) is 18.0 Å². The molecule has 0 radical (unpaired) electrons. The number of Topliss-reactive ketones (excluding diaryl/α,β-unsaturated/α-hetero) is 1. The Labute approximate surface area is 238 Å². The second-order valence-corrected chi connectivity index (χ2v) is 13.2. The van der Waals surface area contributed by atoms with Crippen molar-refractivity contribution in [2.24, 2.45) is 11.8 Å². The quantitative estimate of drug-likeness (QED) is 0.328. The summed E-state index contributed by atoms with van der Waals surface area (Å²) in [5.74, 6) is -3.30. The van der Waals surface area contributed by atoms with Gasteiger partial charge in [-0.1, -0.05) is 38.1 Å². The van der Waals surface area contributed by atoms with Crippen molar-refractivity contribution >= 4 is 22.0 Å². The molecule has 41 heavy (non-hydrogen) atoms. The van der Waals surface area contributed by atoms with E-state index in [0.29, 0.717) is 6.42 Å². The van der Waals surface area contributed by atoms with E-state index in [0.717, 1.165) is 11.1 Å². The number of aromatic hydroxyl groups is 1. The van der Waals surface area contributed by atoms with E-state index in [4.69, 9.17) is 8.92 Å². The van der Waals surface area contributed by atoms with Crippen LogP contribution in [-0.2, 0) is 26.1 Å². The fourth-order valence-corrected chi connectivity index (χ4v) is 5.92. The van der Waals surface area contributed by atoms with E-state index >= 15 is 0 Å². The molecule has 0 saturated carbocycles. The van der Waals surface area contributed by atoms with E-state index in [1.807, 2.05) is 12.1 Å². The van der Waals surface area contributed by atoms with Crippen LogP contribution in [0.2, 0.25) is 0 Å². The molecule has 1 aliphatic rings. The number of fused-ring (bicyclic) bond motifs is 1. The van der Waals surface area contributed by atoms with Gasteiger partial charge in [0.2, 0.25) is 0 Å². The second kappa shape index (κ2) is 12.3. The maximum absolute atomic E-state index is 14.0. The summed E-state index contributed by atoms with van der Waals surface area (Å²) in [6.45, 7) is 8.68. The number of nitrogens with one attached hydrogen (secondary N) is 1. The first-order valence-electron chi connectivity index (χ1n) is 13.3. The van der Waals surface area contributed by atoms with Crippen molar-refractivity contribution < 1.29 is 45.2 Å².